The van der Waals surface area contributed by atoms with Crippen molar-refractivity contribution in [3.63, 3.8) is 0 Å². The van der Waals surface area contributed by atoms with Crippen molar-refractivity contribution in [2.75, 3.05) is 0 Å². The summed E-state index contributed by atoms with van der Waals surface area (Å²) in [6.07, 6.45) is 1.63. The van der Waals surface area contributed by atoms with E-state index in [-0.39, 0.29) is 18.5 Å². The average molecular weight is 472 g/mol. The van der Waals surface area contributed by atoms with E-state index in [9.17, 15) is 4.79 Å². The van der Waals surface area contributed by atoms with E-state index >= 15 is 0 Å². The highest BCUT2D eigenvalue weighted by molar-refractivity contribution is 5.92. The van der Waals surface area contributed by atoms with E-state index in [2.05, 4.69) is 41.1 Å². The molecule has 0 radical (unpaired) electrons. The molecule has 2 heterocycles. The number of ether oxygens (including phenoxy) is 2. The van der Waals surface area contributed by atoms with E-state index in [1.54, 1.807) is 18.3 Å². The van der Waals surface area contributed by atoms with Gasteiger partial charge in [-0.1, -0.05) is 12.1 Å². The summed E-state index contributed by atoms with van der Waals surface area (Å²) in [7, 11) is 0. The molecule has 180 valence electrons. The number of hydrogen-bond donors (Lipinski definition) is 1. The van der Waals surface area contributed by atoms with Crippen molar-refractivity contribution < 1.29 is 18.7 Å². The quantitative estimate of drug-likeness (QED) is 0.247. The summed E-state index contributed by atoms with van der Waals surface area (Å²) in [5.74, 6) is 1.72. The molecule has 0 saturated carbocycles. The van der Waals surface area contributed by atoms with Crippen LogP contribution in [0.25, 0.3) is 5.69 Å². The lowest BCUT2D eigenvalue weighted by atomic mass is 10.2. The number of hydrogen-bond acceptors (Lipinski definition) is 5. The highest BCUT2D eigenvalue weighted by Crippen LogP contribution is 2.21. The zero-order valence-corrected chi connectivity index (χ0v) is 20.3. The smallest absolute Gasteiger partial charge is 0.307 e. The second-order valence-electron chi connectivity index (χ2n) is 8.44. The predicted molar refractivity (Wildman–Crippen MR) is 136 cm³/mol. The number of aromatic nitrogens is 1. The maximum Gasteiger partial charge on any atom is 0.307 e. The number of carbonyl (C=O) groups is 1. The number of hydrazone groups is 1. The van der Waals surface area contributed by atoms with Crippen molar-refractivity contribution >= 4 is 12.1 Å². The van der Waals surface area contributed by atoms with Crippen LogP contribution < -0.4 is 14.9 Å². The molecule has 7 heteroatoms. The Kier molecular flexibility index (Phi) is 7.35. The number of furan rings is 1. The van der Waals surface area contributed by atoms with Crippen LogP contribution in [0.2, 0.25) is 0 Å². The van der Waals surface area contributed by atoms with E-state index in [4.69, 9.17) is 13.9 Å². The molecule has 0 unspecified atom stereocenters. The third-order valence-electron chi connectivity index (χ3n) is 5.24. The average Bonchev–Trinajstić information content (AvgIpc) is 3.44. The van der Waals surface area contributed by atoms with Gasteiger partial charge in [0, 0.05) is 17.1 Å². The summed E-state index contributed by atoms with van der Waals surface area (Å²) in [6, 6.07) is 22.8. The number of nitrogens with zero attached hydrogens (tertiary/aromatic N) is 2. The van der Waals surface area contributed by atoms with Gasteiger partial charge in [0.25, 0.3) is 0 Å². The largest absolute Gasteiger partial charge is 0.491 e. The van der Waals surface area contributed by atoms with Crippen LogP contribution in [0.1, 0.15) is 47.1 Å². The number of nitrogens with one attached hydrogen (secondary N) is 1. The molecule has 0 saturated heterocycles. The lowest BCUT2D eigenvalue weighted by Crippen LogP contribution is -2.16. The fourth-order valence-electron chi connectivity index (χ4n) is 3.66. The third kappa shape index (κ3) is 6.20. The van der Waals surface area contributed by atoms with Gasteiger partial charge in [0.1, 0.15) is 23.9 Å². The first kappa shape index (κ1) is 23.9. The van der Waals surface area contributed by atoms with Crippen LogP contribution >= 0.6 is 0 Å². The van der Waals surface area contributed by atoms with Gasteiger partial charge in [0.05, 0.1) is 12.3 Å². The van der Waals surface area contributed by atoms with E-state index in [1.807, 2.05) is 62.4 Å². The van der Waals surface area contributed by atoms with Crippen molar-refractivity contribution in [1.82, 2.24) is 9.99 Å². The Morgan fingerprint density at radius 1 is 1.00 bits per heavy atom. The normalized spacial score (nSPS) is 11.2. The SMILES string of the molecule is Cc1ccc(C)n1-c1ccc(OCc2ccc(C(=O)NN=Cc3cccc(OC(C)C)c3)o2)cc1. The molecule has 1 amide bonds. The topological polar surface area (TPSA) is 78.0 Å². The van der Waals surface area contributed by atoms with Crippen LogP contribution in [0, 0.1) is 13.8 Å². The Morgan fingerprint density at radius 3 is 2.46 bits per heavy atom. The van der Waals surface area contributed by atoms with Crippen LogP contribution in [0.5, 0.6) is 11.5 Å². The van der Waals surface area contributed by atoms with Gasteiger partial charge in [-0.3, -0.25) is 4.79 Å². The second kappa shape index (κ2) is 10.8. The molecule has 0 aliphatic heterocycles. The van der Waals surface area contributed by atoms with Gasteiger partial charge in [-0.25, -0.2) is 5.43 Å². The van der Waals surface area contributed by atoms with Crippen molar-refractivity contribution in [2.45, 2.75) is 40.4 Å². The van der Waals surface area contributed by atoms with E-state index in [1.165, 1.54) is 11.4 Å². The summed E-state index contributed by atoms with van der Waals surface area (Å²) in [6.45, 7) is 8.29. The predicted octanol–water partition coefficient (Wildman–Crippen LogP) is 5.82. The summed E-state index contributed by atoms with van der Waals surface area (Å²) >= 11 is 0. The van der Waals surface area contributed by atoms with E-state index in [0.717, 1.165) is 17.0 Å². The Hall–Kier alpha value is -4.26. The first-order chi connectivity index (χ1) is 16.9. The number of aryl methyl sites for hydroxylation is 2. The number of rotatable bonds is 9. The minimum atomic E-state index is -0.441. The second-order valence-corrected chi connectivity index (χ2v) is 8.44. The number of amides is 1. The van der Waals surface area contributed by atoms with Crippen LogP contribution in [0.15, 0.2) is 82.3 Å². The van der Waals surface area contributed by atoms with Gasteiger partial charge in [0.15, 0.2) is 5.76 Å². The van der Waals surface area contributed by atoms with Crippen molar-refractivity contribution in [2.24, 2.45) is 5.10 Å². The Morgan fingerprint density at radius 2 is 1.74 bits per heavy atom. The van der Waals surface area contributed by atoms with Crippen LogP contribution in [-0.2, 0) is 6.61 Å². The first-order valence-electron chi connectivity index (χ1n) is 11.5. The fraction of sp³-hybridized carbons (Fsp3) is 0.214. The molecule has 0 fully saturated rings. The van der Waals surface area contributed by atoms with Crippen molar-refractivity contribution in [3.05, 3.63) is 101 Å². The minimum Gasteiger partial charge on any atom is -0.491 e. The zero-order valence-electron chi connectivity index (χ0n) is 20.3. The standard InChI is InChI=1S/C28H29N3O4/c1-19(2)34-25-7-5-6-22(16-25)17-29-30-28(32)27-15-14-26(35-27)18-33-24-12-10-23(11-13-24)31-20(3)8-9-21(31)4/h5-17,19H,18H2,1-4H3,(H,30,32). The molecule has 2 aromatic heterocycles. The maximum absolute atomic E-state index is 12.4. The van der Waals surface area contributed by atoms with Crippen LogP contribution in [0.3, 0.4) is 0 Å². The van der Waals surface area contributed by atoms with Crippen LogP contribution in [-0.4, -0.2) is 22.8 Å². The molecule has 0 aliphatic rings. The third-order valence-corrected chi connectivity index (χ3v) is 5.24. The molecule has 4 aromatic rings. The van der Waals surface area contributed by atoms with Gasteiger partial charge < -0.3 is 18.5 Å². The molecule has 0 spiro atoms. The molecular weight excluding hydrogens is 442 g/mol. The van der Waals surface area contributed by atoms with Gasteiger partial charge in [-0.2, -0.15) is 5.10 Å². The first-order valence-corrected chi connectivity index (χ1v) is 11.5. The molecule has 0 atom stereocenters. The van der Waals surface area contributed by atoms with Gasteiger partial charge in [-0.05, 0) is 93.9 Å². The molecule has 4 rings (SSSR count). The Labute approximate surface area is 205 Å². The zero-order chi connectivity index (χ0) is 24.8. The minimum absolute atomic E-state index is 0.0803. The summed E-state index contributed by atoms with van der Waals surface area (Å²) in [5, 5.41) is 4.01. The van der Waals surface area contributed by atoms with Crippen LogP contribution in [0.4, 0.5) is 0 Å². The van der Waals surface area contributed by atoms with E-state index < -0.39 is 5.91 Å². The summed E-state index contributed by atoms with van der Waals surface area (Å²) in [4.78, 5) is 12.4. The van der Waals surface area contributed by atoms with Gasteiger partial charge in [-0.15, -0.1) is 0 Å². The molecular formula is C28H29N3O4. The maximum atomic E-state index is 12.4. The van der Waals surface area contributed by atoms with Gasteiger partial charge in [0.2, 0.25) is 0 Å². The summed E-state index contributed by atoms with van der Waals surface area (Å²) in [5.41, 5.74) is 6.72. The van der Waals surface area contributed by atoms with Crippen molar-refractivity contribution in [3.8, 4) is 17.2 Å². The molecule has 1 N–H and O–H groups in total. The Bertz CT molecular complexity index is 1300. The van der Waals surface area contributed by atoms with Gasteiger partial charge >= 0.3 is 5.91 Å². The van der Waals surface area contributed by atoms with Crippen molar-refractivity contribution in [1.29, 1.82) is 0 Å². The lowest BCUT2D eigenvalue weighted by Gasteiger charge is -2.10. The molecule has 0 aliphatic carbocycles. The monoisotopic (exact) mass is 471 g/mol. The summed E-state index contributed by atoms with van der Waals surface area (Å²) < 4.78 is 19.3. The van der Waals surface area contributed by atoms with E-state index in [0.29, 0.717) is 11.5 Å². The lowest BCUT2D eigenvalue weighted by molar-refractivity contribution is 0.0923. The molecule has 2 aromatic carbocycles. The Balaban J connectivity index is 1.30. The molecule has 0 bridgehead atoms. The highest BCUT2D eigenvalue weighted by Gasteiger charge is 2.11. The fourth-order valence-corrected chi connectivity index (χ4v) is 3.66. The molecule has 35 heavy (non-hydrogen) atoms. The number of benzene rings is 2. The number of carbonyl (C=O) groups excluding carboxylic acids is 1. The highest BCUT2D eigenvalue weighted by atomic mass is 16.5. The molecule has 7 nitrogen and oxygen atoms in total.